The number of nitrogens with zero attached hydrogens (tertiary/aromatic N) is 3. The van der Waals surface area contributed by atoms with Crippen LogP contribution < -0.4 is 10.6 Å². The van der Waals surface area contributed by atoms with Crippen molar-refractivity contribution in [3.8, 4) is 6.07 Å². The lowest BCUT2D eigenvalue weighted by Crippen LogP contribution is -2.23. The molecule has 1 saturated heterocycles. The molecule has 2 rings (SSSR count). The van der Waals surface area contributed by atoms with Crippen LogP contribution >= 0.6 is 0 Å². The first-order valence-electron chi connectivity index (χ1n) is 5.79. The molecule has 0 amide bonds. The molecule has 1 heterocycles. The molecule has 0 saturated carbocycles. The minimum absolute atomic E-state index is 0.00767. The van der Waals surface area contributed by atoms with Crippen LogP contribution in [-0.4, -0.2) is 24.6 Å². The Bertz CT molecular complexity index is 509. The predicted molar refractivity (Wildman–Crippen MR) is 67.2 cm³/mol. The molecule has 2 N–H and O–H groups in total. The molecule has 18 heavy (non-hydrogen) atoms. The summed E-state index contributed by atoms with van der Waals surface area (Å²) in [6.45, 7) is 2.11. The van der Waals surface area contributed by atoms with Crippen LogP contribution in [0.4, 0.5) is 11.4 Å². The molecule has 1 aliphatic heterocycles. The van der Waals surface area contributed by atoms with Crippen LogP contribution in [0.1, 0.15) is 12.0 Å². The molecule has 1 aromatic carbocycles. The highest BCUT2D eigenvalue weighted by atomic mass is 16.6. The van der Waals surface area contributed by atoms with Gasteiger partial charge in [-0.05, 0) is 31.0 Å². The van der Waals surface area contributed by atoms with Crippen molar-refractivity contribution in [1.82, 2.24) is 0 Å². The zero-order chi connectivity index (χ0) is 13.1. The van der Waals surface area contributed by atoms with Gasteiger partial charge in [0, 0.05) is 19.2 Å². The summed E-state index contributed by atoms with van der Waals surface area (Å²) in [4.78, 5) is 12.6. The number of nitro groups is 1. The van der Waals surface area contributed by atoms with Crippen LogP contribution in [0.15, 0.2) is 18.2 Å². The molecule has 6 heteroatoms. The normalized spacial score (nSPS) is 18.7. The Kier molecular flexibility index (Phi) is 3.44. The average molecular weight is 246 g/mol. The highest BCUT2D eigenvalue weighted by molar-refractivity contribution is 5.66. The summed E-state index contributed by atoms with van der Waals surface area (Å²) in [5.41, 5.74) is 6.49. The van der Waals surface area contributed by atoms with E-state index >= 15 is 0 Å². The molecular weight excluding hydrogens is 232 g/mol. The number of nitriles is 1. The van der Waals surface area contributed by atoms with Crippen LogP contribution in [0.2, 0.25) is 0 Å². The van der Waals surface area contributed by atoms with Gasteiger partial charge in [0.15, 0.2) is 0 Å². The smallest absolute Gasteiger partial charge is 0.293 e. The van der Waals surface area contributed by atoms with Gasteiger partial charge in [-0.3, -0.25) is 10.1 Å². The largest absolute Gasteiger partial charge is 0.366 e. The van der Waals surface area contributed by atoms with Gasteiger partial charge >= 0.3 is 0 Å². The minimum atomic E-state index is -0.439. The number of benzene rings is 1. The van der Waals surface area contributed by atoms with Crippen LogP contribution in [0.5, 0.6) is 0 Å². The fourth-order valence-electron chi connectivity index (χ4n) is 2.25. The molecule has 1 aromatic rings. The van der Waals surface area contributed by atoms with Crippen molar-refractivity contribution in [1.29, 1.82) is 5.26 Å². The standard InChI is InChI=1S/C12H14N4O2/c13-6-9-1-2-11(12(5-9)16(17)18)15-4-3-10(7-14)8-15/h1-2,5,10H,3-4,7-8,14H2. The first kappa shape index (κ1) is 12.3. The van der Waals surface area contributed by atoms with Crippen LogP contribution in [0, 0.1) is 27.4 Å². The summed E-state index contributed by atoms with van der Waals surface area (Å²) < 4.78 is 0. The van der Waals surface area contributed by atoms with Crippen molar-refractivity contribution in [3.05, 3.63) is 33.9 Å². The zero-order valence-electron chi connectivity index (χ0n) is 9.87. The maximum absolute atomic E-state index is 11.0. The van der Waals surface area contributed by atoms with Gasteiger partial charge in [-0.2, -0.15) is 5.26 Å². The number of nitrogens with two attached hydrogens (primary N) is 1. The second kappa shape index (κ2) is 5.02. The lowest BCUT2D eigenvalue weighted by Gasteiger charge is -2.18. The molecule has 0 radical (unpaired) electrons. The fraction of sp³-hybridized carbons (Fsp3) is 0.417. The lowest BCUT2D eigenvalue weighted by molar-refractivity contribution is -0.384. The Morgan fingerprint density at radius 3 is 2.94 bits per heavy atom. The lowest BCUT2D eigenvalue weighted by atomic mass is 10.1. The van der Waals surface area contributed by atoms with E-state index in [9.17, 15) is 10.1 Å². The van der Waals surface area contributed by atoms with Gasteiger partial charge in [0.25, 0.3) is 5.69 Å². The molecule has 1 unspecified atom stereocenters. The third kappa shape index (κ3) is 2.26. The van der Waals surface area contributed by atoms with Crippen molar-refractivity contribution in [2.45, 2.75) is 6.42 Å². The molecule has 0 aromatic heterocycles. The third-order valence-electron chi connectivity index (χ3n) is 3.26. The second-order valence-electron chi connectivity index (χ2n) is 4.41. The first-order chi connectivity index (χ1) is 8.65. The Hall–Kier alpha value is -2.13. The Morgan fingerprint density at radius 1 is 1.61 bits per heavy atom. The van der Waals surface area contributed by atoms with E-state index in [2.05, 4.69) is 0 Å². The highest BCUT2D eigenvalue weighted by Crippen LogP contribution is 2.32. The van der Waals surface area contributed by atoms with Gasteiger partial charge in [-0.1, -0.05) is 0 Å². The van der Waals surface area contributed by atoms with Crippen LogP contribution in [0.3, 0.4) is 0 Å². The minimum Gasteiger partial charge on any atom is -0.366 e. The van der Waals surface area contributed by atoms with Gasteiger partial charge in [0.1, 0.15) is 5.69 Å². The summed E-state index contributed by atoms with van der Waals surface area (Å²) in [6, 6.07) is 6.50. The van der Waals surface area contributed by atoms with E-state index in [1.54, 1.807) is 12.1 Å². The number of anilines is 1. The first-order valence-corrected chi connectivity index (χ1v) is 5.79. The van der Waals surface area contributed by atoms with E-state index in [0.29, 0.717) is 23.7 Å². The molecule has 6 nitrogen and oxygen atoms in total. The van der Waals surface area contributed by atoms with Gasteiger partial charge < -0.3 is 10.6 Å². The maximum atomic E-state index is 11.0. The summed E-state index contributed by atoms with van der Waals surface area (Å²) in [5.74, 6) is 0.389. The van der Waals surface area contributed by atoms with Gasteiger partial charge in [-0.25, -0.2) is 0 Å². The molecular formula is C12H14N4O2. The molecule has 0 spiro atoms. The van der Waals surface area contributed by atoms with E-state index < -0.39 is 4.92 Å². The van der Waals surface area contributed by atoms with Crippen molar-refractivity contribution in [3.63, 3.8) is 0 Å². The van der Waals surface area contributed by atoms with E-state index in [1.807, 2.05) is 11.0 Å². The van der Waals surface area contributed by atoms with Gasteiger partial charge in [0.05, 0.1) is 16.6 Å². The SMILES string of the molecule is N#Cc1ccc(N2CCC(CN)C2)c([N+](=O)[O-])c1. The molecule has 94 valence electrons. The quantitative estimate of drug-likeness (QED) is 0.639. The van der Waals surface area contributed by atoms with Crippen LogP contribution in [0.25, 0.3) is 0 Å². The van der Waals surface area contributed by atoms with Crippen molar-refractivity contribution < 1.29 is 4.92 Å². The third-order valence-corrected chi connectivity index (χ3v) is 3.26. The van der Waals surface area contributed by atoms with Crippen LogP contribution in [-0.2, 0) is 0 Å². The number of nitro benzene ring substituents is 1. The monoisotopic (exact) mass is 246 g/mol. The summed E-state index contributed by atoms with van der Waals surface area (Å²) in [5, 5.41) is 19.8. The molecule has 1 aliphatic rings. The topological polar surface area (TPSA) is 96.2 Å². The summed E-state index contributed by atoms with van der Waals surface area (Å²) in [7, 11) is 0. The van der Waals surface area contributed by atoms with Gasteiger partial charge in [-0.15, -0.1) is 0 Å². The van der Waals surface area contributed by atoms with E-state index in [-0.39, 0.29) is 5.69 Å². The Balaban J connectivity index is 2.33. The van der Waals surface area contributed by atoms with Crippen molar-refractivity contribution in [2.24, 2.45) is 11.7 Å². The zero-order valence-corrected chi connectivity index (χ0v) is 9.87. The van der Waals surface area contributed by atoms with E-state index in [4.69, 9.17) is 11.0 Å². The molecule has 0 bridgehead atoms. The number of rotatable bonds is 3. The predicted octanol–water partition coefficient (Wildman–Crippen LogP) is 1.25. The average Bonchev–Trinajstić information content (AvgIpc) is 2.86. The van der Waals surface area contributed by atoms with E-state index in [1.165, 1.54) is 6.07 Å². The number of hydrogen-bond acceptors (Lipinski definition) is 5. The molecule has 1 fully saturated rings. The fourth-order valence-corrected chi connectivity index (χ4v) is 2.25. The van der Waals surface area contributed by atoms with Gasteiger partial charge in [0.2, 0.25) is 0 Å². The van der Waals surface area contributed by atoms with E-state index in [0.717, 1.165) is 19.5 Å². The maximum Gasteiger partial charge on any atom is 0.293 e. The summed E-state index contributed by atoms with van der Waals surface area (Å²) >= 11 is 0. The van der Waals surface area contributed by atoms with Crippen molar-refractivity contribution >= 4 is 11.4 Å². The highest BCUT2D eigenvalue weighted by Gasteiger charge is 2.27. The van der Waals surface area contributed by atoms with Crippen molar-refractivity contribution in [2.75, 3.05) is 24.5 Å². The summed E-state index contributed by atoms with van der Waals surface area (Å²) in [6.07, 6.45) is 0.952. The number of hydrogen-bond donors (Lipinski definition) is 1. The second-order valence-corrected chi connectivity index (χ2v) is 4.41. The molecule has 0 aliphatic carbocycles. The molecule has 1 atom stereocenters. The Morgan fingerprint density at radius 2 is 2.39 bits per heavy atom. The Labute approximate surface area is 105 Å².